The molecule has 2 fully saturated rings. The summed E-state index contributed by atoms with van der Waals surface area (Å²) in [5.41, 5.74) is 7.77. The number of ether oxygens (including phenoxy) is 2. The van der Waals surface area contributed by atoms with Crippen molar-refractivity contribution < 1.29 is 18.3 Å². The molecule has 0 saturated carbocycles. The van der Waals surface area contributed by atoms with E-state index >= 15 is 0 Å². The van der Waals surface area contributed by atoms with Crippen LogP contribution in [0.5, 0.6) is 0 Å². The first-order chi connectivity index (χ1) is 24.4. The molecule has 296 valence electrons. The first-order valence-corrected chi connectivity index (χ1v) is 24.5. The summed E-state index contributed by atoms with van der Waals surface area (Å²) >= 11 is 0. The molecule has 0 amide bonds. The van der Waals surface area contributed by atoms with Crippen LogP contribution in [-0.4, -0.2) is 66.8 Å². The number of nitrogens with one attached hydrogen (secondary N) is 1. The Hall–Kier alpha value is -3.06. The molecule has 17 heteroatoms. The third-order valence-corrected chi connectivity index (χ3v) is 22.4. The van der Waals surface area contributed by atoms with E-state index in [1.54, 1.807) is 13.8 Å². The fourth-order valence-corrected chi connectivity index (χ4v) is 11.6. The fourth-order valence-electron chi connectivity index (χ4n) is 6.89. The van der Waals surface area contributed by atoms with Gasteiger partial charge in [-0.15, -0.1) is 0 Å². The minimum Gasteiger partial charge on any atom is -0.414 e. The van der Waals surface area contributed by atoms with Gasteiger partial charge in [-0.1, -0.05) is 60.5 Å². The lowest BCUT2D eigenvalue weighted by atomic mass is 9.99. The topological polar surface area (TPSA) is 185 Å². The van der Waals surface area contributed by atoms with Crippen molar-refractivity contribution in [2.75, 3.05) is 13.2 Å². The van der Waals surface area contributed by atoms with Crippen molar-refractivity contribution in [1.82, 2.24) is 18.7 Å². The molecule has 53 heavy (non-hydrogen) atoms. The van der Waals surface area contributed by atoms with Crippen LogP contribution < -0.4 is 22.5 Å². The van der Waals surface area contributed by atoms with Crippen molar-refractivity contribution >= 4 is 16.6 Å². The summed E-state index contributed by atoms with van der Waals surface area (Å²) in [5.74, 6) is 0.712. The Labute approximate surface area is 313 Å². The normalized spacial score (nSPS) is 24.3. The molecule has 0 aliphatic carbocycles. The monoisotopic (exact) mass is 775 g/mol. The van der Waals surface area contributed by atoms with Crippen molar-refractivity contribution in [3.63, 3.8) is 0 Å². The molecular weight excluding hydrogens is 715 g/mol. The van der Waals surface area contributed by atoms with Gasteiger partial charge in [0.25, 0.3) is 11.1 Å². The molecule has 0 spiro atoms. The number of aryl methyl sites for hydroxylation is 2. The quantitative estimate of drug-likeness (QED) is 0.100. The molecule has 2 aliphatic heterocycles. The van der Waals surface area contributed by atoms with E-state index < -0.39 is 75.9 Å². The standard InChI is InChI=1S/C36H61N7O8Si2/c1-21(2)35(7,8)52(11,12)48-19-27-25(39-40-37)15-29(50-27)42-18-24(6)32(45)43(34(42)47)26-16-30(41-17-23(5)31(44)38-33(41)46)51-28(26)20-49-53(13,14)36(9,10)22(3)4/h17-18,21-22,25-30H,15-16,19-20H2,1-14H3,(H,38,44,46)/t25-,26-,27+,28+,29+,30+/m0/s1. The number of nitrogens with zero attached hydrogens (tertiary/aromatic N) is 6. The molecule has 2 aromatic rings. The van der Waals surface area contributed by atoms with E-state index in [-0.39, 0.29) is 36.1 Å². The van der Waals surface area contributed by atoms with Crippen LogP contribution in [0, 0.1) is 25.7 Å². The summed E-state index contributed by atoms with van der Waals surface area (Å²) < 4.78 is 30.1. The van der Waals surface area contributed by atoms with Crippen molar-refractivity contribution in [3.8, 4) is 0 Å². The zero-order chi connectivity index (χ0) is 40.0. The highest BCUT2D eigenvalue weighted by Crippen LogP contribution is 2.46. The number of H-pyrrole nitrogens is 1. The van der Waals surface area contributed by atoms with Gasteiger partial charge >= 0.3 is 11.4 Å². The fraction of sp³-hybridized carbons (Fsp3) is 0.778. The van der Waals surface area contributed by atoms with Gasteiger partial charge in [-0.05, 0) is 67.5 Å². The third kappa shape index (κ3) is 8.31. The Morgan fingerprint density at radius 3 is 1.87 bits per heavy atom. The summed E-state index contributed by atoms with van der Waals surface area (Å²) in [6.45, 7) is 29.6. The van der Waals surface area contributed by atoms with E-state index in [2.05, 4.69) is 96.6 Å². The van der Waals surface area contributed by atoms with Crippen LogP contribution in [0.3, 0.4) is 0 Å². The SMILES string of the molecule is Cc1cn([C@H]2C[C@H](n3c(=O)c(C)cn([C@H]4C[C@H](N=[N+]=[N-])[C@@H](CO[Si](C)(C)C(C)(C)C(C)C)O4)c3=O)[C@@H](CO[Si](C)(C)C(C)(C)C(C)C)O2)c(=O)[nH]c1=O. The van der Waals surface area contributed by atoms with Crippen LogP contribution in [0.15, 0.2) is 36.7 Å². The van der Waals surface area contributed by atoms with E-state index in [0.717, 1.165) is 0 Å². The highest BCUT2D eigenvalue weighted by atomic mass is 28.4. The van der Waals surface area contributed by atoms with Crippen LogP contribution in [0.25, 0.3) is 10.4 Å². The predicted molar refractivity (Wildman–Crippen MR) is 209 cm³/mol. The number of hydrogen-bond acceptors (Lipinski definition) is 9. The molecule has 4 rings (SSSR count). The Kier molecular flexibility index (Phi) is 12.6. The van der Waals surface area contributed by atoms with Gasteiger partial charge in [0.1, 0.15) is 18.6 Å². The molecule has 0 aromatic carbocycles. The first-order valence-electron chi connectivity index (χ1n) is 18.7. The predicted octanol–water partition coefficient (Wildman–Crippen LogP) is 6.29. The lowest BCUT2D eigenvalue weighted by Crippen LogP contribution is -2.49. The molecule has 15 nitrogen and oxygen atoms in total. The van der Waals surface area contributed by atoms with Gasteiger partial charge in [0.2, 0.25) is 0 Å². The zero-order valence-corrected chi connectivity index (χ0v) is 36.1. The minimum atomic E-state index is -2.39. The summed E-state index contributed by atoms with van der Waals surface area (Å²) in [6, 6.07) is -1.42. The van der Waals surface area contributed by atoms with Crippen molar-refractivity contribution in [1.29, 1.82) is 0 Å². The van der Waals surface area contributed by atoms with E-state index in [0.29, 0.717) is 23.0 Å². The highest BCUT2D eigenvalue weighted by molar-refractivity contribution is 6.74. The largest absolute Gasteiger partial charge is 0.414 e. The molecular formula is C36H61N7O8Si2. The minimum absolute atomic E-state index is 0.0504. The molecule has 2 saturated heterocycles. The average molecular weight is 776 g/mol. The van der Waals surface area contributed by atoms with Crippen molar-refractivity contribution in [2.24, 2.45) is 17.0 Å². The van der Waals surface area contributed by atoms with E-state index in [9.17, 15) is 24.7 Å². The molecule has 4 heterocycles. The second-order valence-electron chi connectivity index (χ2n) is 17.6. The van der Waals surface area contributed by atoms with Gasteiger partial charge in [0.05, 0.1) is 31.4 Å². The lowest BCUT2D eigenvalue weighted by Gasteiger charge is -2.43. The van der Waals surface area contributed by atoms with Gasteiger partial charge in [-0.25, -0.2) is 9.59 Å². The van der Waals surface area contributed by atoms with E-state index in [1.165, 1.54) is 26.1 Å². The van der Waals surface area contributed by atoms with Gasteiger partial charge in [-0.3, -0.25) is 28.3 Å². The smallest absolute Gasteiger partial charge is 0.333 e. The molecule has 2 aromatic heterocycles. The summed E-state index contributed by atoms with van der Waals surface area (Å²) in [6.07, 6.45) is 0.0915. The molecule has 6 atom stereocenters. The molecule has 2 aliphatic rings. The highest BCUT2D eigenvalue weighted by Gasteiger charge is 2.48. The molecule has 1 N–H and O–H groups in total. The third-order valence-electron chi connectivity index (χ3n) is 13.2. The van der Waals surface area contributed by atoms with E-state index in [4.69, 9.17) is 18.3 Å². The Balaban J connectivity index is 1.74. The summed E-state index contributed by atoms with van der Waals surface area (Å²) in [5, 5.41) is 3.85. The second kappa shape index (κ2) is 15.6. The average Bonchev–Trinajstić information content (AvgIpc) is 3.66. The first kappa shape index (κ1) is 42.7. The Morgan fingerprint density at radius 2 is 1.34 bits per heavy atom. The summed E-state index contributed by atoms with van der Waals surface area (Å²) in [7, 11) is -4.65. The van der Waals surface area contributed by atoms with Crippen LogP contribution in [0.2, 0.25) is 36.3 Å². The Morgan fingerprint density at radius 1 is 0.849 bits per heavy atom. The number of aromatic nitrogens is 4. The van der Waals surface area contributed by atoms with Crippen LogP contribution in [0.1, 0.15) is 97.9 Å². The molecule has 0 bridgehead atoms. The summed E-state index contributed by atoms with van der Waals surface area (Å²) in [4.78, 5) is 59.1. The van der Waals surface area contributed by atoms with Gasteiger partial charge in [-0.2, -0.15) is 0 Å². The maximum atomic E-state index is 14.5. The molecule has 0 unspecified atom stereocenters. The van der Waals surface area contributed by atoms with Crippen LogP contribution in [-0.2, 0) is 18.3 Å². The Bertz CT molecular complexity index is 1940. The van der Waals surface area contributed by atoms with Gasteiger partial charge < -0.3 is 18.3 Å². The second-order valence-corrected chi connectivity index (χ2v) is 26.8. The van der Waals surface area contributed by atoms with Gasteiger partial charge in [0.15, 0.2) is 16.6 Å². The number of hydrogen-bond donors (Lipinski definition) is 1. The van der Waals surface area contributed by atoms with Crippen LogP contribution in [0.4, 0.5) is 0 Å². The lowest BCUT2D eigenvalue weighted by molar-refractivity contribution is -0.0326. The maximum absolute atomic E-state index is 14.5. The molecule has 0 radical (unpaired) electrons. The number of rotatable bonds is 14. The van der Waals surface area contributed by atoms with Crippen molar-refractivity contribution in [3.05, 3.63) is 75.6 Å². The van der Waals surface area contributed by atoms with Crippen LogP contribution >= 0.6 is 0 Å². The van der Waals surface area contributed by atoms with Gasteiger partial charge in [0, 0.05) is 41.3 Å². The number of aromatic amines is 1. The zero-order valence-electron chi connectivity index (χ0n) is 34.1. The van der Waals surface area contributed by atoms with E-state index in [1.807, 2.05) is 0 Å². The number of azide groups is 1. The van der Waals surface area contributed by atoms with Crippen molar-refractivity contribution in [2.45, 2.75) is 155 Å². The maximum Gasteiger partial charge on any atom is 0.333 e.